The van der Waals surface area contributed by atoms with Gasteiger partial charge in [0.15, 0.2) is 0 Å². The zero-order valence-electron chi connectivity index (χ0n) is 8.41. The number of hydrogen-bond donors (Lipinski definition) is 1. The molecule has 2 N–H and O–H groups in total. The molecule has 2 atom stereocenters. The highest BCUT2D eigenvalue weighted by molar-refractivity contribution is 9.10. The van der Waals surface area contributed by atoms with Crippen LogP contribution in [0.3, 0.4) is 0 Å². The summed E-state index contributed by atoms with van der Waals surface area (Å²) in [4.78, 5) is 0. The minimum atomic E-state index is 0.599. The summed E-state index contributed by atoms with van der Waals surface area (Å²) >= 11 is 3.56. The normalized spacial score (nSPS) is 27.1. The second kappa shape index (κ2) is 4.03. The fourth-order valence-electron chi connectivity index (χ4n) is 2.52. The van der Waals surface area contributed by atoms with E-state index >= 15 is 0 Å². The van der Waals surface area contributed by atoms with Gasteiger partial charge >= 0.3 is 0 Å². The fourth-order valence-corrected chi connectivity index (χ4v) is 3.16. The van der Waals surface area contributed by atoms with Crippen LogP contribution in [0.25, 0.3) is 0 Å². The van der Waals surface area contributed by atoms with Crippen LogP contribution in [-0.2, 0) is 7.05 Å². The van der Waals surface area contributed by atoms with Crippen molar-refractivity contribution in [1.82, 2.24) is 9.78 Å². The van der Waals surface area contributed by atoms with Crippen molar-refractivity contribution in [3.8, 4) is 0 Å². The Hall–Kier alpha value is -0.350. The zero-order chi connectivity index (χ0) is 10.1. The molecule has 2 rings (SSSR count). The third-order valence-electron chi connectivity index (χ3n) is 3.25. The van der Waals surface area contributed by atoms with Gasteiger partial charge in [-0.25, -0.2) is 0 Å². The molecular formula is C10H16BrN3. The van der Waals surface area contributed by atoms with Gasteiger partial charge in [0.05, 0.1) is 16.4 Å². The first-order chi connectivity index (χ1) is 6.74. The fraction of sp³-hybridized carbons (Fsp3) is 0.700. The van der Waals surface area contributed by atoms with Crippen molar-refractivity contribution in [2.75, 3.05) is 6.54 Å². The van der Waals surface area contributed by atoms with Crippen LogP contribution in [0, 0.1) is 5.92 Å². The first kappa shape index (κ1) is 10.2. The van der Waals surface area contributed by atoms with Crippen LogP contribution in [0.5, 0.6) is 0 Å². The van der Waals surface area contributed by atoms with Crippen molar-refractivity contribution in [2.45, 2.75) is 25.2 Å². The lowest BCUT2D eigenvalue weighted by Crippen LogP contribution is -2.19. The average molecular weight is 258 g/mol. The van der Waals surface area contributed by atoms with E-state index in [1.165, 1.54) is 25.0 Å². The Morgan fingerprint density at radius 1 is 1.64 bits per heavy atom. The second-order valence-corrected chi connectivity index (χ2v) is 4.89. The molecule has 0 saturated heterocycles. The zero-order valence-corrected chi connectivity index (χ0v) is 10.00. The second-order valence-electron chi connectivity index (χ2n) is 4.03. The lowest BCUT2D eigenvalue weighted by Gasteiger charge is -2.18. The van der Waals surface area contributed by atoms with Crippen molar-refractivity contribution in [3.63, 3.8) is 0 Å². The number of rotatable bonds is 2. The van der Waals surface area contributed by atoms with Gasteiger partial charge in [-0.05, 0) is 41.2 Å². The van der Waals surface area contributed by atoms with Crippen LogP contribution in [0.1, 0.15) is 30.9 Å². The molecule has 0 spiro atoms. The average Bonchev–Trinajstić information content (AvgIpc) is 2.73. The lowest BCUT2D eigenvalue weighted by atomic mass is 9.93. The predicted molar refractivity (Wildman–Crippen MR) is 60.0 cm³/mol. The Morgan fingerprint density at radius 2 is 2.43 bits per heavy atom. The van der Waals surface area contributed by atoms with Gasteiger partial charge in [-0.2, -0.15) is 5.10 Å². The summed E-state index contributed by atoms with van der Waals surface area (Å²) in [5, 5.41) is 4.26. The summed E-state index contributed by atoms with van der Waals surface area (Å²) in [6.07, 6.45) is 5.68. The smallest absolute Gasteiger partial charge is 0.0635 e. The van der Waals surface area contributed by atoms with E-state index in [4.69, 9.17) is 5.73 Å². The summed E-state index contributed by atoms with van der Waals surface area (Å²) in [7, 11) is 2.01. The maximum absolute atomic E-state index is 5.79. The summed E-state index contributed by atoms with van der Waals surface area (Å²) in [5.41, 5.74) is 7.10. The van der Waals surface area contributed by atoms with Crippen molar-refractivity contribution in [3.05, 3.63) is 16.4 Å². The number of nitrogens with two attached hydrogens (primary N) is 1. The molecule has 1 aromatic rings. The van der Waals surface area contributed by atoms with Crippen LogP contribution in [-0.4, -0.2) is 16.3 Å². The summed E-state index contributed by atoms with van der Waals surface area (Å²) < 4.78 is 3.10. The van der Waals surface area contributed by atoms with E-state index in [0.717, 1.165) is 11.0 Å². The predicted octanol–water partition coefficient (Wildman–Crippen LogP) is 2.03. The molecule has 1 aliphatic carbocycles. The minimum absolute atomic E-state index is 0.599. The van der Waals surface area contributed by atoms with Gasteiger partial charge < -0.3 is 5.73 Å². The Kier molecular flexibility index (Phi) is 2.93. The van der Waals surface area contributed by atoms with E-state index in [0.29, 0.717) is 11.8 Å². The van der Waals surface area contributed by atoms with E-state index < -0.39 is 0 Å². The van der Waals surface area contributed by atoms with Gasteiger partial charge in [0.25, 0.3) is 0 Å². The molecule has 0 aromatic carbocycles. The van der Waals surface area contributed by atoms with Crippen LogP contribution >= 0.6 is 15.9 Å². The summed E-state index contributed by atoms with van der Waals surface area (Å²) in [6, 6.07) is 0. The molecule has 1 aromatic heterocycles. The van der Waals surface area contributed by atoms with Gasteiger partial charge in [-0.15, -0.1) is 0 Å². The third-order valence-corrected chi connectivity index (χ3v) is 3.86. The number of halogens is 1. The van der Waals surface area contributed by atoms with Crippen LogP contribution in [0.4, 0.5) is 0 Å². The standard InChI is InChI=1S/C10H16BrN3/c1-14-10(9(11)6-13-14)8-4-2-3-7(8)5-12/h6-8H,2-5,12H2,1H3. The molecule has 3 nitrogen and oxygen atoms in total. The molecule has 1 aliphatic rings. The maximum atomic E-state index is 5.79. The third kappa shape index (κ3) is 1.61. The largest absolute Gasteiger partial charge is 0.330 e. The van der Waals surface area contributed by atoms with Crippen molar-refractivity contribution in [1.29, 1.82) is 0 Å². The highest BCUT2D eigenvalue weighted by Crippen LogP contribution is 2.41. The number of aromatic nitrogens is 2. The van der Waals surface area contributed by atoms with E-state index in [2.05, 4.69) is 21.0 Å². The van der Waals surface area contributed by atoms with Gasteiger partial charge in [-0.3, -0.25) is 4.68 Å². The molecule has 0 bridgehead atoms. The lowest BCUT2D eigenvalue weighted by molar-refractivity contribution is 0.468. The summed E-state index contributed by atoms with van der Waals surface area (Å²) in [6.45, 7) is 0.794. The quantitative estimate of drug-likeness (QED) is 0.882. The first-order valence-corrected chi connectivity index (χ1v) is 5.90. The Balaban J connectivity index is 2.29. The van der Waals surface area contributed by atoms with Crippen molar-refractivity contribution >= 4 is 15.9 Å². The van der Waals surface area contributed by atoms with Crippen molar-refractivity contribution in [2.24, 2.45) is 18.7 Å². The van der Waals surface area contributed by atoms with Crippen LogP contribution in [0.2, 0.25) is 0 Å². The first-order valence-electron chi connectivity index (χ1n) is 5.11. The van der Waals surface area contributed by atoms with Crippen LogP contribution in [0.15, 0.2) is 10.7 Å². The molecule has 1 fully saturated rings. The molecule has 4 heteroatoms. The topological polar surface area (TPSA) is 43.8 Å². The van der Waals surface area contributed by atoms with E-state index in [1.807, 2.05) is 17.9 Å². The molecule has 0 aliphatic heterocycles. The molecular weight excluding hydrogens is 242 g/mol. The Morgan fingerprint density at radius 3 is 3.00 bits per heavy atom. The van der Waals surface area contributed by atoms with Gasteiger partial charge in [0.2, 0.25) is 0 Å². The van der Waals surface area contributed by atoms with Crippen molar-refractivity contribution < 1.29 is 0 Å². The van der Waals surface area contributed by atoms with Gasteiger partial charge in [0.1, 0.15) is 0 Å². The molecule has 2 unspecified atom stereocenters. The Bertz CT molecular complexity index is 302. The molecule has 1 saturated carbocycles. The number of aryl methyl sites for hydroxylation is 1. The molecule has 0 amide bonds. The molecule has 78 valence electrons. The monoisotopic (exact) mass is 257 g/mol. The highest BCUT2D eigenvalue weighted by atomic mass is 79.9. The van der Waals surface area contributed by atoms with Gasteiger partial charge in [0, 0.05) is 13.0 Å². The SMILES string of the molecule is Cn1ncc(Br)c1C1CCCC1CN. The molecule has 14 heavy (non-hydrogen) atoms. The number of nitrogens with zero attached hydrogens (tertiary/aromatic N) is 2. The number of hydrogen-bond acceptors (Lipinski definition) is 2. The maximum Gasteiger partial charge on any atom is 0.0635 e. The van der Waals surface area contributed by atoms with E-state index in [1.54, 1.807) is 0 Å². The Labute approximate surface area is 92.8 Å². The minimum Gasteiger partial charge on any atom is -0.330 e. The van der Waals surface area contributed by atoms with E-state index in [-0.39, 0.29) is 0 Å². The molecule has 1 heterocycles. The highest BCUT2D eigenvalue weighted by Gasteiger charge is 2.30. The molecule has 0 radical (unpaired) electrons. The van der Waals surface area contributed by atoms with Gasteiger partial charge in [-0.1, -0.05) is 6.42 Å². The van der Waals surface area contributed by atoms with E-state index in [9.17, 15) is 0 Å². The summed E-state index contributed by atoms with van der Waals surface area (Å²) in [5.74, 6) is 1.24. The van der Waals surface area contributed by atoms with Crippen LogP contribution < -0.4 is 5.73 Å².